The first-order valence-electron chi connectivity index (χ1n) is 8.48. The number of carboxylic acids is 1. The molecule has 0 aromatic heterocycles. The molecule has 1 aliphatic heterocycles. The highest BCUT2D eigenvalue weighted by atomic mass is 32.2. The molecular formula is C17H24N2O5S. The highest BCUT2D eigenvalue weighted by Gasteiger charge is 2.30. The number of carboxylic acid groups (broad SMARTS) is 1. The number of carbonyl (C=O) groups excluding carboxylic acids is 1. The number of rotatable bonds is 7. The summed E-state index contributed by atoms with van der Waals surface area (Å²) >= 11 is 0. The van der Waals surface area contributed by atoms with Crippen LogP contribution in [0.1, 0.15) is 53.8 Å². The molecule has 1 N–H and O–H groups in total. The second-order valence-corrected chi connectivity index (χ2v) is 8.12. The lowest BCUT2D eigenvalue weighted by Gasteiger charge is -2.23. The normalized spacial score (nSPS) is 16.0. The van der Waals surface area contributed by atoms with Gasteiger partial charge in [0, 0.05) is 25.2 Å². The first-order valence-corrected chi connectivity index (χ1v) is 10.1. The molecule has 1 fully saturated rings. The molecule has 2 rings (SSSR count). The molecular weight excluding hydrogens is 344 g/mol. The third-order valence-electron chi connectivity index (χ3n) is 4.07. The number of anilines is 1. The van der Waals surface area contributed by atoms with Crippen molar-refractivity contribution < 1.29 is 23.1 Å². The van der Waals surface area contributed by atoms with Crippen molar-refractivity contribution in [3.63, 3.8) is 0 Å². The molecule has 138 valence electrons. The number of amides is 1. The van der Waals surface area contributed by atoms with Crippen molar-refractivity contribution in [2.45, 2.75) is 33.1 Å². The van der Waals surface area contributed by atoms with E-state index >= 15 is 0 Å². The van der Waals surface area contributed by atoms with E-state index in [9.17, 15) is 23.1 Å². The number of nitrogens with zero attached hydrogens (tertiary/aromatic N) is 2. The van der Waals surface area contributed by atoms with Crippen LogP contribution < -0.4 is 4.31 Å². The Labute approximate surface area is 148 Å². The predicted molar refractivity (Wildman–Crippen MR) is 95.6 cm³/mol. The van der Waals surface area contributed by atoms with Gasteiger partial charge >= 0.3 is 5.97 Å². The first-order chi connectivity index (χ1) is 11.8. The number of benzene rings is 1. The average molecular weight is 368 g/mol. The minimum absolute atomic E-state index is 0.0331. The summed E-state index contributed by atoms with van der Waals surface area (Å²) in [4.78, 5) is 25.9. The van der Waals surface area contributed by atoms with Gasteiger partial charge in [0.25, 0.3) is 5.91 Å². The Hall–Kier alpha value is -2.09. The molecule has 1 aromatic carbocycles. The standard InChI is InChI=1S/C17H24N2O5S/c1-3-6-18(7-4-2)16(20)13-10-14(17(21)22)12-15(11-13)19-8-5-9-25(19,23)24/h10-12H,3-9H2,1-2H3,(H,21,22). The molecule has 1 heterocycles. The third-order valence-corrected chi connectivity index (χ3v) is 5.94. The topological polar surface area (TPSA) is 95.0 Å². The van der Waals surface area contributed by atoms with Gasteiger partial charge in [-0.3, -0.25) is 9.10 Å². The molecule has 0 saturated carbocycles. The van der Waals surface area contributed by atoms with Gasteiger partial charge in [0.15, 0.2) is 0 Å². The van der Waals surface area contributed by atoms with E-state index in [-0.39, 0.29) is 28.5 Å². The van der Waals surface area contributed by atoms with E-state index in [1.54, 1.807) is 4.90 Å². The van der Waals surface area contributed by atoms with Crippen molar-refractivity contribution in [2.24, 2.45) is 0 Å². The first kappa shape index (κ1) is 19.2. The van der Waals surface area contributed by atoms with Crippen molar-refractivity contribution in [1.29, 1.82) is 0 Å². The van der Waals surface area contributed by atoms with E-state index < -0.39 is 16.0 Å². The van der Waals surface area contributed by atoms with Crippen LogP contribution in [-0.4, -0.2) is 55.7 Å². The lowest BCUT2D eigenvalue weighted by molar-refractivity contribution is 0.0697. The zero-order valence-corrected chi connectivity index (χ0v) is 15.4. The van der Waals surface area contributed by atoms with Crippen molar-refractivity contribution >= 4 is 27.6 Å². The largest absolute Gasteiger partial charge is 0.478 e. The van der Waals surface area contributed by atoms with E-state index in [0.29, 0.717) is 26.1 Å². The minimum Gasteiger partial charge on any atom is -0.478 e. The summed E-state index contributed by atoms with van der Waals surface area (Å²) in [5.74, 6) is -1.43. The van der Waals surface area contributed by atoms with Gasteiger partial charge in [-0.05, 0) is 37.5 Å². The summed E-state index contributed by atoms with van der Waals surface area (Å²) in [6.45, 7) is 5.37. The van der Waals surface area contributed by atoms with E-state index in [4.69, 9.17) is 0 Å². The monoisotopic (exact) mass is 368 g/mol. The zero-order chi connectivity index (χ0) is 18.6. The molecule has 0 radical (unpaired) electrons. The van der Waals surface area contributed by atoms with Gasteiger partial charge in [-0.25, -0.2) is 13.2 Å². The van der Waals surface area contributed by atoms with Gasteiger partial charge in [0.2, 0.25) is 10.0 Å². The number of aromatic carboxylic acids is 1. The molecule has 1 aromatic rings. The van der Waals surface area contributed by atoms with E-state index in [1.165, 1.54) is 22.5 Å². The van der Waals surface area contributed by atoms with Crippen molar-refractivity contribution in [3.05, 3.63) is 29.3 Å². The summed E-state index contributed by atoms with van der Waals surface area (Å²) in [6.07, 6.45) is 2.07. The van der Waals surface area contributed by atoms with Crippen LogP contribution in [0.4, 0.5) is 5.69 Å². The summed E-state index contributed by atoms with van der Waals surface area (Å²) < 4.78 is 25.5. The quantitative estimate of drug-likeness (QED) is 0.796. The maximum Gasteiger partial charge on any atom is 0.335 e. The van der Waals surface area contributed by atoms with E-state index in [0.717, 1.165) is 12.8 Å². The fraction of sp³-hybridized carbons (Fsp3) is 0.529. The summed E-state index contributed by atoms with van der Waals surface area (Å²) in [6, 6.07) is 4.11. The summed E-state index contributed by atoms with van der Waals surface area (Å²) in [7, 11) is -3.45. The molecule has 1 amide bonds. The summed E-state index contributed by atoms with van der Waals surface area (Å²) in [5.41, 5.74) is 0.364. The van der Waals surface area contributed by atoms with Gasteiger partial charge in [-0.15, -0.1) is 0 Å². The Morgan fingerprint density at radius 2 is 1.72 bits per heavy atom. The van der Waals surface area contributed by atoms with E-state index in [2.05, 4.69) is 0 Å². The van der Waals surface area contributed by atoms with Crippen LogP contribution in [-0.2, 0) is 10.0 Å². The maximum atomic E-state index is 12.8. The van der Waals surface area contributed by atoms with Crippen molar-refractivity contribution in [1.82, 2.24) is 4.90 Å². The highest BCUT2D eigenvalue weighted by molar-refractivity contribution is 7.93. The van der Waals surface area contributed by atoms with Gasteiger partial charge in [-0.1, -0.05) is 13.8 Å². The fourth-order valence-electron chi connectivity index (χ4n) is 2.97. The Morgan fingerprint density at radius 3 is 2.20 bits per heavy atom. The molecule has 0 bridgehead atoms. The van der Waals surface area contributed by atoms with Gasteiger partial charge in [0.1, 0.15) is 0 Å². The average Bonchev–Trinajstić information content (AvgIpc) is 2.92. The minimum atomic E-state index is -3.45. The Bertz CT molecular complexity index is 754. The Morgan fingerprint density at radius 1 is 1.12 bits per heavy atom. The van der Waals surface area contributed by atoms with Crippen LogP contribution in [0.5, 0.6) is 0 Å². The van der Waals surface area contributed by atoms with Crippen LogP contribution in [0.2, 0.25) is 0 Å². The fourth-order valence-corrected chi connectivity index (χ4v) is 4.52. The lowest BCUT2D eigenvalue weighted by atomic mass is 10.1. The van der Waals surface area contributed by atoms with Crippen LogP contribution in [0, 0.1) is 0 Å². The molecule has 1 aliphatic rings. The van der Waals surface area contributed by atoms with Crippen molar-refractivity contribution in [2.75, 3.05) is 29.7 Å². The molecule has 0 aliphatic carbocycles. The van der Waals surface area contributed by atoms with Crippen LogP contribution in [0.25, 0.3) is 0 Å². The van der Waals surface area contributed by atoms with Crippen LogP contribution >= 0.6 is 0 Å². The second-order valence-electron chi connectivity index (χ2n) is 6.11. The van der Waals surface area contributed by atoms with Crippen LogP contribution in [0.15, 0.2) is 18.2 Å². The number of hydrogen-bond donors (Lipinski definition) is 1. The van der Waals surface area contributed by atoms with Gasteiger partial charge < -0.3 is 10.0 Å². The van der Waals surface area contributed by atoms with Crippen LogP contribution in [0.3, 0.4) is 0 Å². The third kappa shape index (κ3) is 4.31. The SMILES string of the molecule is CCCN(CCC)C(=O)c1cc(C(=O)O)cc(N2CCCS2(=O)=O)c1. The maximum absolute atomic E-state index is 12.8. The smallest absolute Gasteiger partial charge is 0.335 e. The molecule has 0 atom stereocenters. The van der Waals surface area contributed by atoms with Gasteiger partial charge in [-0.2, -0.15) is 0 Å². The molecule has 1 saturated heterocycles. The summed E-state index contributed by atoms with van der Waals surface area (Å²) in [5, 5.41) is 9.34. The second kappa shape index (κ2) is 7.86. The lowest BCUT2D eigenvalue weighted by Crippen LogP contribution is -2.33. The molecule has 25 heavy (non-hydrogen) atoms. The number of sulfonamides is 1. The predicted octanol–water partition coefficient (Wildman–Crippen LogP) is 2.19. The molecule has 7 nitrogen and oxygen atoms in total. The molecule has 8 heteroatoms. The number of carbonyl (C=O) groups is 2. The van der Waals surface area contributed by atoms with E-state index in [1.807, 2.05) is 13.8 Å². The number of hydrogen-bond acceptors (Lipinski definition) is 4. The molecule has 0 spiro atoms. The molecule has 0 unspecified atom stereocenters. The highest BCUT2D eigenvalue weighted by Crippen LogP contribution is 2.27. The Balaban J connectivity index is 2.47. The van der Waals surface area contributed by atoms with Crippen molar-refractivity contribution in [3.8, 4) is 0 Å². The zero-order valence-electron chi connectivity index (χ0n) is 14.6. The Kier molecular flexibility index (Phi) is 6.05. The van der Waals surface area contributed by atoms with Gasteiger partial charge in [0.05, 0.1) is 17.0 Å².